The number of aromatic nitrogens is 2. The lowest BCUT2D eigenvalue weighted by Crippen LogP contribution is -2.13. The Kier molecular flexibility index (Phi) is 4.57. The van der Waals surface area contributed by atoms with Crippen molar-refractivity contribution in [2.24, 2.45) is 0 Å². The van der Waals surface area contributed by atoms with Crippen LogP contribution >= 0.6 is 0 Å². The third kappa shape index (κ3) is 3.34. The molecule has 0 bridgehead atoms. The Morgan fingerprint density at radius 2 is 1.96 bits per heavy atom. The van der Waals surface area contributed by atoms with Crippen LogP contribution in [0.15, 0.2) is 51.3 Å². The Balaban J connectivity index is 1.58. The first kappa shape index (κ1) is 17.8. The van der Waals surface area contributed by atoms with E-state index in [9.17, 15) is 4.79 Å². The lowest BCUT2D eigenvalue weighted by molar-refractivity contribution is 0.102. The zero-order valence-electron chi connectivity index (χ0n) is 15.8. The molecule has 4 aromatic rings. The Morgan fingerprint density at radius 1 is 1.11 bits per heavy atom. The van der Waals surface area contributed by atoms with Gasteiger partial charge in [0, 0.05) is 10.9 Å². The third-order valence-corrected chi connectivity index (χ3v) is 4.29. The highest BCUT2D eigenvalue weighted by molar-refractivity contribution is 6.04. The number of fused-ring (bicyclic) bond motifs is 1. The normalized spacial score (nSPS) is 11.0. The summed E-state index contributed by atoms with van der Waals surface area (Å²) in [7, 11) is 0. The summed E-state index contributed by atoms with van der Waals surface area (Å²) >= 11 is 0. The molecule has 0 atom stereocenters. The number of carbonyl (C=O) groups excluding carboxylic acids is 1. The molecular formula is C21H19N3O4. The van der Waals surface area contributed by atoms with E-state index in [4.69, 9.17) is 13.6 Å². The van der Waals surface area contributed by atoms with E-state index in [1.165, 1.54) is 0 Å². The summed E-state index contributed by atoms with van der Waals surface area (Å²) in [5.74, 6) is 0.918. The predicted molar refractivity (Wildman–Crippen MR) is 105 cm³/mol. The summed E-state index contributed by atoms with van der Waals surface area (Å²) in [5, 5.41) is 11.4. The van der Waals surface area contributed by atoms with Gasteiger partial charge in [0.05, 0.1) is 6.61 Å². The molecule has 2 heterocycles. The maximum absolute atomic E-state index is 12.5. The topological polar surface area (TPSA) is 90.4 Å². The summed E-state index contributed by atoms with van der Waals surface area (Å²) in [4.78, 5) is 12.5. The smallest absolute Gasteiger partial charge is 0.322 e. The van der Waals surface area contributed by atoms with E-state index in [2.05, 4.69) is 15.5 Å². The van der Waals surface area contributed by atoms with Crippen molar-refractivity contribution in [1.29, 1.82) is 0 Å². The zero-order chi connectivity index (χ0) is 19.7. The van der Waals surface area contributed by atoms with Gasteiger partial charge >= 0.3 is 6.01 Å². The van der Waals surface area contributed by atoms with Crippen LogP contribution in [0.25, 0.3) is 22.6 Å². The van der Waals surface area contributed by atoms with Gasteiger partial charge in [0.1, 0.15) is 0 Å². The number of amides is 1. The zero-order valence-corrected chi connectivity index (χ0v) is 15.8. The molecule has 0 unspecified atom stereocenters. The number of hydrogen-bond donors (Lipinski definition) is 1. The molecule has 0 aliphatic rings. The summed E-state index contributed by atoms with van der Waals surface area (Å²) in [6, 6.07) is 13.0. The number of aryl methyl sites for hydroxylation is 2. The number of carbonyl (C=O) groups is 1. The fourth-order valence-corrected chi connectivity index (χ4v) is 3.02. The summed E-state index contributed by atoms with van der Waals surface area (Å²) in [6.07, 6.45) is 0. The van der Waals surface area contributed by atoms with Crippen LogP contribution in [-0.2, 0) is 0 Å². The van der Waals surface area contributed by atoms with Crippen LogP contribution < -0.4 is 10.1 Å². The van der Waals surface area contributed by atoms with Crippen LogP contribution in [0, 0.1) is 13.8 Å². The highest BCUT2D eigenvalue weighted by Gasteiger charge is 2.18. The Morgan fingerprint density at radius 3 is 2.75 bits per heavy atom. The molecule has 1 N–H and O–H groups in total. The number of anilines is 1. The van der Waals surface area contributed by atoms with Crippen LogP contribution in [0.4, 0.5) is 6.01 Å². The molecular weight excluding hydrogens is 358 g/mol. The summed E-state index contributed by atoms with van der Waals surface area (Å²) < 4.78 is 17.0. The van der Waals surface area contributed by atoms with Crippen molar-refractivity contribution in [2.45, 2.75) is 20.8 Å². The van der Waals surface area contributed by atoms with Crippen molar-refractivity contribution in [2.75, 3.05) is 11.9 Å². The third-order valence-electron chi connectivity index (χ3n) is 4.29. The van der Waals surface area contributed by atoms with E-state index in [0.29, 0.717) is 29.3 Å². The van der Waals surface area contributed by atoms with E-state index >= 15 is 0 Å². The number of ether oxygens (including phenoxy) is 1. The van der Waals surface area contributed by atoms with Gasteiger partial charge in [0.15, 0.2) is 17.1 Å². The van der Waals surface area contributed by atoms with E-state index in [-0.39, 0.29) is 17.8 Å². The number of benzene rings is 2. The molecule has 0 radical (unpaired) electrons. The molecule has 0 saturated heterocycles. The minimum Gasteiger partial charge on any atom is -0.490 e. The standard InChI is InChI=1S/C21H19N3O4/c1-4-26-16-7-5-6-14-11-17(27-18(14)16)20-23-24-21(28-20)22-19(25)15-9-8-12(2)10-13(15)3/h5-11H,4H2,1-3H3,(H,22,24,25). The van der Waals surface area contributed by atoms with Crippen molar-refractivity contribution < 1.29 is 18.4 Å². The lowest BCUT2D eigenvalue weighted by Gasteiger charge is -2.05. The summed E-state index contributed by atoms with van der Waals surface area (Å²) in [5.41, 5.74) is 3.12. The minimum atomic E-state index is -0.309. The van der Waals surface area contributed by atoms with Gasteiger partial charge < -0.3 is 13.6 Å². The quantitative estimate of drug-likeness (QED) is 0.540. The van der Waals surface area contributed by atoms with Gasteiger partial charge in [0.25, 0.3) is 11.8 Å². The molecule has 7 heteroatoms. The molecule has 0 aliphatic heterocycles. The fraction of sp³-hybridized carbons (Fsp3) is 0.190. The fourth-order valence-electron chi connectivity index (χ4n) is 3.02. The second-order valence-electron chi connectivity index (χ2n) is 6.40. The maximum Gasteiger partial charge on any atom is 0.322 e. The van der Waals surface area contributed by atoms with Crippen LogP contribution in [0.1, 0.15) is 28.4 Å². The van der Waals surface area contributed by atoms with E-state index in [1.807, 2.05) is 51.1 Å². The molecule has 2 aromatic carbocycles. The van der Waals surface area contributed by atoms with Crippen LogP contribution in [0.5, 0.6) is 5.75 Å². The van der Waals surface area contributed by atoms with Gasteiger partial charge in [-0.2, -0.15) is 0 Å². The molecule has 2 aromatic heterocycles. The maximum atomic E-state index is 12.5. The summed E-state index contributed by atoms with van der Waals surface area (Å²) in [6.45, 7) is 6.30. The number of nitrogens with one attached hydrogen (secondary N) is 1. The number of furan rings is 1. The Labute approximate surface area is 161 Å². The van der Waals surface area contributed by atoms with Crippen molar-refractivity contribution in [3.63, 3.8) is 0 Å². The van der Waals surface area contributed by atoms with Crippen molar-refractivity contribution in [3.05, 3.63) is 59.2 Å². The van der Waals surface area contributed by atoms with E-state index < -0.39 is 0 Å². The molecule has 0 saturated carbocycles. The van der Waals surface area contributed by atoms with Crippen molar-refractivity contribution in [1.82, 2.24) is 10.2 Å². The van der Waals surface area contributed by atoms with Gasteiger partial charge in [-0.25, -0.2) is 0 Å². The van der Waals surface area contributed by atoms with Crippen molar-refractivity contribution >= 4 is 22.9 Å². The van der Waals surface area contributed by atoms with Crippen LogP contribution in [-0.4, -0.2) is 22.7 Å². The average molecular weight is 377 g/mol. The molecule has 7 nitrogen and oxygen atoms in total. The van der Waals surface area contributed by atoms with Gasteiger partial charge in [-0.1, -0.05) is 34.9 Å². The monoisotopic (exact) mass is 377 g/mol. The Bertz CT molecular complexity index is 1160. The molecule has 142 valence electrons. The van der Waals surface area contributed by atoms with Gasteiger partial charge in [-0.05, 0) is 44.5 Å². The highest BCUT2D eigenvalue weighted by atomic mass is 16.5. The van der Waals surface area contributed by atoms with Gasteiger partial charge in [-0.3, -0.25) is 10.1 Å². The first-order valence-corrected chi connectivity index (χ1v) is 8.93. The number of para-hydroxylation sites is 1. The highest BCUT2D eigenvalue weighted by Crippen LogP contribution is 2.33. The first-order valence-electron chi connectivity index (χ1n) is 8.93. The van der Waals surface area contributed by atoms with E-state index in [0.717, 1.165) is 16.5 Å². The first-order chi connectivity index (χ1) is 13.5. The van der Waals surface area contributed by atoms with E-state index in [1.54, 1.807) is 12.1 Å². The SMILES string of the molecule is CCOc1cccc2cc(-c3nnc(NC(=O)c4ccc(C)cc4C)o3)oc12. The van der Waals surface area contributed by atoms with Crippen molar-refractivity contribution in [3.8, 4) is 17.4 Å². The number of hydrogen-bond acceptors (Lipinski definition) is 6. The molecule has 1 amide bonds. The molecule has 0 aliphatic carbocycles. The van der Waals surface area contributed by atoms with Crippen LogP contribution in [0.2, 0.25) is 0 Å². The predicted octanol–water partition coefficient (Wildman–Crippen LogP) is 4.75. The molecule has 28 heavy (non-hydrogen) atoms. The minimum absolute atomic E-state index is 0.00506. The largest absolute Gasteiger partial charge is 0.490 e. The Hall–Kier alpha value is -3.61. The average Bonchev–Trinajstić information content (AvgIpc) is 3.29. The molecule has 0 spiro atoms. The molecule has 4 rings (SSSR count). The van der Waals surface area contributed by atoms with Crippen LogP contribution in [0.3, 0.4) is 0 Å². The number of nitrogens with zero attached hydrogens (tertiary/aromatic N) is 2. The van der Waals surface area contributed by atoms with Gasteiger partial charge in [-0.15, -0.1) is 5.10 Å². The lowest BCUT2D eigenvalue weighted by atomic mass is 10.1. The number of rotatable bonds is 5. The second kappa shape index (κ2) is 7.19. The molecule has 0 fully saturated rings. The second-order valence-corrected chi connectivity index (χ2v) is 6.40. The van der Waals surface area contributed by atoms with Gasteiger partial charge in [0.2, 0.25) is 0 Å².